The second kappa shape index (κ2) is 8.78. The van der Waals surface area contributed by atoms with Crippen molar-refractivity contribution in [1.29, 1.82) is 0 Å². The topological polar surface area (TPSA) is 61.4 Å². The van der Waals surface area contributed by atoms with E-state index in [2.05, 4.69) is 74.9 Å². The first-order valence-corrected chi connectivity index (χ1v) is 11.8. The van der Waals surface area contributed by atoms with E-state index < -0.39 is 18.3 Å². The van der Waals surface area contributed by atoms with Gasteiger partial charge in [-0.3, -0.25) is 9.59 Å². The van der Waals surface area contributed by atoms with Crippen molar-refractivity contribution in [2.45, 2.75) is 53.2 Å². The van der Waals surface area contributed by atoms with E-state index in [1.807, 2.05) is 12.4 Å². The van der Waals surface area contributed by atoms with Crippen molar-refractivity contribution in [2.24, 2.45) is 0 Å². The molecule has 2 atom stereocenters. The molecule has 1 aromatic heterocycles. The summed E-state index contributed by atoms with van der Waals surface area (Å²) in [5.41, 5.74) is 10.1. The highest BCUT2D eigenvalue weighted by molar-refractivity contribution is 6.91. The lowest BCUT2D eigenvalue weighted by molar-refractivity contribution is -0.576. The van der Waals surface area contributed by atoms with Crippen LogP contribution in [-0.4, -0.2) is 37.4 Å². The molecule has 0 saturated carbocycles. The largest absolute Gasteiger partial charge is 0.471 e. The molecule has 1 aliphatic rings. The van der Waals surface area contributed by atoms with E-state index in [-0.39, 0.29) is 11.9 Å². The molecule has 1 saturated heterocycles. The van der Waals surface area contributed by atoms with E-state index in [1.165, 1.54) is 25.3 Å². The number of imidazole rings is 1. The molecular formula is C27H33BN2O4. The third-order valence-corrected chi connectivity index (χ3v) is 7.28. The van der Waals surface area contributed by atoms with Crippen LogP contribution in [0.4, 0.5) is 0 Å². The average Bonchev–Trinajstić information content (AvgIpc) is 3.36. The molecule has 34 heavy (non-hydrogen) atoms. The van der Waals surface area contributed by atoms with Crippen molar-refractivity contribution in [2.75, 3.05) is 14.2 Å². The van der Waals surface area contributed by atoms with Crippen LogP contribution in [0, 0.1) is 41.5 Å². The molecule has 7 heteroatoms. The number of benzene rings is 2. The minimum Gasteiger partial charge on any atom is -0.471 e. The van der Waals surface area contributed by atoms with Gasteiger partial charge in [0.15, 0.2) is 0 Å². The normalized spacial score (nSPS) is 19.1. The third-order valence-electron chi connectivity index (χ3n) is 7.28. The fourth-order valence-corrected chi connectivity index (χ4v) is 6.11. The van der Waals surface area contributed by atoms with E-state index in [1.54, 1.807) is 0 Å². The first-order valence-electron chi connectivity index (χ1n) is 11.8. The molecule has 0 aliphatic carbocycles. The van der Waals surface area contributed by atoms with Crippen molar-refractivity contribution in [3.05, 3.63) is 70.0 Å². The summed E-state index contributed by atoms with van der Waals surface area (Å²) >= 11 is 0. The Kier molecular flexibility index (Phi) is 6.15. The summed E-state index contributed by atoms with van der Waals surface area (Å²) in [7, 11) is 2.75. The van der Waals surface area contributed by atoms with Crippen molar-refractivity contribution >= 4 is 24.4 Å². The van der Waals surface area contributed by atoms with Crippen LogP contribution in [0.25, 0.3) is 11.4 Å². The Balaban J connectivity index is 2.02. The molecule has 0 bridgehead atoms. The smallest absolute Gasteiger partial charge is 0.271 e. The van der Waals surface area contributed by atoms with E-state index in [0.29, 0.717) is 0 Å². The van der Waals surface area contributed by atoms with Gasteiger partial charge in [-0.25, -0.2) is 9.13 Å². The van der Waals surface area contributed by atoms with Gasteiger partial charge < -0.3 is 9.47 Å². The number of carbonyl (C=O) groups excluding carboxylic acids is 2. The quantitative estimate of drug-likeness (QED) is 0.334. The molecule has 4 rings (SSSR count). The molecule has 2 aromatic carbocycles. The number of hydrogen-bond donors (Lipinski definition) is 0. The van der Waals surface area contributed by atoms with Crippen LogP contribution in [0.3, 0.4) is 0 Å². The van der Waals surface area contributed by atoms with Gasteiger partial charge in [0.2, 0.25) is 0 Å². The van der Waals surface area contributed by atoms with Crippen LogP contribution in [-0.2, 0) is 19.1 Å². The SMILES string of the molecule is COC(=O)[C@@H]1[BH-](c2n(-c3c(C)cc(C)cc3C)cc[n+]2-c2c(C)cc(C)cc2C)[C@H]1C(=O)OC. The summed E-state index contributed by atoms with van der Waals surface area (Å²) in [5.74, 6) is -1.72. The summed E-state index contributed by atoms with van der Waals surface area (Å²) in [6.45, 7) is 11.1. The zero-order valence-corrected chi connectivity index (χ0v) is 21.4. The summed E-state index contributed by atoms with van der Waals surface area (Å²) in [5, 5.41) is 0. The van der Waals surface area contributed by atoms with Gasteiger partial charge in [-0.15, -0.1) is 0 Å². The van der Waals surface area contributed by atoms with Crippen molar-refractivity contribution in [3.63, 3.8) is 0 Å². The van der Waals surface area contributed by atoms with Crippen LogP contribution in [0.15, 0.2) is 36.7 Å². The van der Waals surface area contributed by atoms with Crippen LogP contribution in [0.1, 0.15) is 33.4 Å². The molecule has 2 heterocycles. The first-order chi connectivity index (χ1) is 16.1. The number of methoxy groups -OCH3 is 2. The second-order valence-electron chi connectivity index (χ2n) is 9.85. The highest BCUT2D eigenvalue weighted by Crippen LogP contribution is 2.51. The first kappa shape index (κ1) is 23.8. The number of esters is 2. The molecule has 0 N–H and O–H groups in total. The Bertz CT molecular complexity index is 1170. The fraction of sp³-hybridized carbons (Fsp3) is 0.370. The average molecular weight is 460 g/mol. The van der Waals surface area contributed by atoms with Gasteiger partial charge in [0.1, 0.15) is 30.5 Å². The summed E-state index contributed by atoms with van der Waals surface area (Å²) in [4.78, 5) is 25.5. The van der Waals surface area contributed by atoms with E-state index in [4.69, 9.17) is 9.47 Å². The Morgan fingerprint density at radius 2 is 1.24 bits per heavy atom. The van der Waals surface area contributed by atoms with Crippen LogP contribution >= 0.6 is 0 Å². The Labute approximate surface area is 201 Å². The van der Waals surface area contributed by atoms with Gasteiger partial charge in [0.25, 0.3) is 11.9 Å². The van der Waals surface area contributed by atoms with Gasteiger partial charge in [-0.05, 0) is 63.8 Å². The molecule has 1 aliphatic heterocycles. The van der Waals surface area contributed by atoms with Gasteiger partial charge in [-0.1, -0.05) is 47.0 Å². The zero-order chi connectivity index (χ0) is 24.9. The molecule has 178 valence electrons. The summed E-state index contributed by atoms with van der Waals surface area (Å²) < 4.78 is 14.5. The number of ether oxygens (including phenoxy) is 2. The van der Waals surface area contributed by atoms with Crippen LogP contribution < -0.4 is 10.3 Å². The molecule has 1 fully saturated rings. The highest BCUT2D eigenvalue weighted by Gasteiger charge is 2.58. The monoisotopic (exact) mass is 460 g/mol. The Hall–Kier alpha value is -3.35. The molecule has 0 amide bonds. The van der Waals surface area contributed by atoms with Gasteiger partial charge in [-0.2, -0.15) is 0 Å². The van der Waals surface area contributed by atoms with Crippen molar-refractivity contribution in [1.82, 2.24) is 4.57 Å². The van der Waals surface area contributed by atoms with Crippen molar-refractivity contribution in [3.8, 4) is 11.4 Å². The minimum atomic E-state index is -1.44. The predicted molar refractivity (Wildman–Crippen MR) is 134 cm³/mol. The molecule has 3 aromatic rings. The molecule has 0 unspecified atom stereocenters. The lowest BCUT2D eigenvalue weighted by atomic mass is 9.63. The van der Waals surface area contributed by atoms with Gasteiger partial charge in [0, 0.05) is 0 Å². The summed E-state index contributed by atoms with van der Waals surface area (Å²) in [6, 6.07) is 8.65. The number of carbonyl (C=O) groups is 2. The lowest BCUT2D eigenvalue weighted by Gasteiger charge is -2.16. The lowest BCUT2D eigenvalue weighted by Crippen LogP contribution is -2.54. The number of nitrogens with zero attached hydrogens (tertiary/aromatic N) is 2. The van der Waals surface area contributed by atoms with E-state index in [9.17, 15) is 9.59 Å². The van der Waals surface area contributed by atoms with Gasteiger partial charge in [0.05, 0.1) is 19.9 Å². The molecule has 0 radical (unpaired) electrons. The van der Waals surface area contributed by atoms with Crippen LogP contribution in [0.2, 0.25) is 11.6 Å². The van der Waals surface area contributed by atoms with Gasteiger partial charge >= 0.3 is 0 Å². The molecule has 6 nitrogen and oxygen atoms in total. The maximum absolute atomic E-state index is 12.7. The standard InChI is InChI=1S/C27H33BN2O4/c1-15-11-17(3)23(18(4)12-15)29-9-10-30(24-19(5)13-16(2)14-20(24)6)27(29)28-21(25(31)33-7)22(28)26(32)34-8/h9-14,21-22,28H,1-8H3/t21-,22-/m1/s1. The molecular weight excluding hydrogens is 427 g/mol. The molecule has 0 spiro atoms. The van der Waals surface area contributed by atoms with E-state index in [0.717, 1.165) is 39.4 Å². The highest BCUT2D eigenvalue weighted by atomic mass is 16.5. The van der Waals surface area contributed by atoms with Crippen molar-refractivity contribution < 1.29 is 23.6 Å². The van der Waals surface area contributed by atoms with E-state index >= 15 is 0 Å². The Morgan fingerprint density at radius 3 is 1.68 bits per heavy atom. The summed E-state index contributed by atoms with van der Waals surface area (Å²) in [6.07, 6.45) is 4.10. The second-order valence-corrected chi connectivity index (χ2v) is 9.85. The fourth-order valence-electron chi connectivity index (χ4n) is 6.11. The third kappa shape index (κ3) is 3.83. The number of aromatic nitrogens is 2. The Morgan fingerprint density at radius 1 is 0.794 bits per heavy atom. The van der Waals surface area contributed by atoms with Crippen LogP contribution in [0.5, 0.6) is 0 Å². The minimum absolute atomic E-state index is 0.357. The predicted octanol–water partition coefficient (Wildman–Crippen LogP) is 3.14. The number of rotatable bonds is 5. The maximum Gasteiger partial charge on any atom is 0.271 e. The number of aryl methyl sites for hydroxylation is 6. The zero-order valence-electron chi connectivity index (χ0n) is 21.4. The maximum atomic E-state index is 12.7. The number of hydrogen-bond acceptors (Lipinski definition) is 4.